The first-order chi connectivity index (χ1) is 8.76. The Hall–Kier alpha value is -0.0400. The van der Waals surface area contributed by atoms with Crippen LogP contribution in [0, 0.1) is 3.57 Å². The lowest BCUT2D eigenvalue weighted by molar-refractivity contribution is 0.658. The molecule has 0 amide bonds. The monoisotopic (exact) mass is 377 g/mol. The first-order valence-corrected chi connectivity index (χ1v) is 8.80. The lowest BCUT2D eigenvalue weighted by atomic mass is 10.1. The third-order valence-corrected chi connectivity index (χ3v) is 5.59. The number of nitrogens with zero attached hydrogens (tertiary/aromatic N) is 2. The van der Waals surface area contributed by atoms with E-state index in [0.717, 1.165) is 24.6 Å². The molecule has 2 heterocycles. The smallest absolute Gasteiger partial charge is 0.144 e. The Kier molecular flexibility index (Phi) is 5.54. The van der Waals surface area contributed by atoms with Crippen LogP contribution in [0.1, 0.15) is 49.9 Å². The van der Waals surface area contributed by atoms with Gasteiger partial charge in [0.2, 0.25) is 0 Å². The zero-order valence-corrected chi connectivity index (χ0v) is 14.0. The molecule has 100 valence electrons. The molecule has 0 aromatic carbocycles. The van der Waals surface area contributed by atoms with E-state index in [1.54, 1.807) is 0 Å². The maximum Gasteiger partial charge on any atom is 0.144 e. The molecule has 18 heavy (non-hydrogen) atoms. The van der Waals surface area contributed by atoms with E-state index < -0.39 is 0 Å². The third-order valence-electron chi connectivity index (χ3n) is 3.08. The second kappa shape index (κ2) is 6.93. The summed E-state index contributed by atoms with van der Waals surface area (Å²) in [6, 6.07) is 0. The van der Waals surface area contributed by atoms with Gasteiger partial charge in [0.15, 0.2) is 0 Å². The Bertz CT molecular complexity index is 405. The van der Waals surface area contributed by atoms with Crippen LogP contribution in [-0.4, -0.2) is 22.3 Å². The summed E-state index contributed by atoms with van der Waals surface area (Å²) in [4.78, 5) is 9.52. The molecule has 0 aliphatic carbocycles. The van der Waals surface area contributed by atoms with Gasteiger partial charge in [-0.2, -0.15) is 11.8 Å². The number of halogens is 1. The van der Waals surface area contributed by atoms with Gasteiger partial charge in [-0.05, 0) is 54.5 Å². The topological polar surface area (TPSA) is 37.8 Å². The molecule has 1 aromatic rings. The summed E-state index contributed by atoms with van der Waals surface area (Å²) in [5, 5.41) is 3.86. The fourth-order valence-electron chi connectivity index (χ4n) is 2.12. The average molecular weight is 377 g/mol. The van der Waals surface area contributed by atoms with E-state index in [-0.39, 0.29) is 0 Å². The van der Waals surface area contributed by atoms with Crippen molar-refractivity contribution in [3.05, 3.63) is 15.1 Å². The highest BCUT2D eigenvalue weighted by Crippen LogP contribution is 2.37. The molecule has 5 heteroatoms. The van der Waals surface area contributed by atoms with Crippen LogP contribution >= 0.6 is 34.4 Å². The second-order valence-corrected chi connectivity index (χ2v) is 6.82. The molecular weight excluding hydrogens is 357 g/mol. The number of aromatic nitrogens is 2. The van der Waals surface area contributed by atoms with Crippen LogP contribution in [0.3, 0.4) is 0 Å². The molecule has 1 aliphatic rings. The Morgan fingerprint density at radius 1 is 1.33 bits per heavy atom. The summed E-state index contributed by atoms with van der Waals surface area (Å²) in [7, 11) is 0. The van der Waals surface area contributed by atoms with Crippen LogP contribution in [0.5, 0.6) is 0 Å². The molecule has 2 rings (SSSR count). The molecular formula is C13H20IN3S. The third kappa shape index (κ3) is 3.29. The minimum atomic E-state index is 0.499. The molecule has 1 N–H and O–H groups in total. The van der Waals surface area contributed by atoms with E-state index in [4.69, 9.17) is 9.97 Å². The van der Waals surface area contributed by atoms with E-state index in [2.05, 4.69) is 41.8 Å². The molecule has 0 spiro atoms. The van der Waals surface area contributed by atoms with Gasteiger partial charge in [0.05, 0.1) is 14.5 Å². The number of anilines is 1. The number of nitrogens with one attached hydrogen (secondary N) is 1. The average Bonchev–Trinajstić information content (AvgIpc) is 2.42. The van der Waals surface area contributed by atoms with Crippen molar-refractivity contribution >= 4 is 40.2 Å². The van der Waals surface area contributed by atoms with Gasteiger partial charge in [-0.1, -0.05) is 13.3 Å². The summed E-state index contributed by atoms with van der Waals surface area (Å²) in [5.41, 5.74) is 1.18. The Balaban J connectivity index is 2.31. The fraction of sp³-hybridized carbons (Fsp3) is 0.692. The van der Waals surface area contributed by atoms with E-state index in [0.29, 0.717) is 5.25 Å². The van der Waals surface area contributed by atoms with E-state index in [9.17, 15) is 0 Å². The summed E-state index contributed by atoms with van der Waals surface area (Å²) >= 11 is 4.37. The molecule has 3 nitrogen and oxygen atoms in total. The molecule has 0 bridgehead atoms. The largest absolute Gasteiger partial charge is 0.369 e. The van der Waals surface area contributed by atoms with Crippen molar-refractivity contribution in [1.82, 2.24) is 9.97 Å². The quantitative estimate of drug-likeness (QED) is 0.804. The fourth-order valence-corrected chi connectivity index (χ4v) is 4.18. The van der Waals surface area contributed by atoms with Gasteiger partial charge < -0.3 is 5.32 Å². The van der Waals surface area contributed by atoms with Gasteiger partial charge in [0.1, 0.15) is 11.6 Å². The summed E-state index contributed by atoms with van der Waals surface area (Å²) < 4.78 is 1.18. The normalized spacial score (nSPS) is 19.8. The SMILES string of the molecule is CCNc1nc(C2CCCCS2)nc(CC)c1I. The molecule has 1 fully saturated rings. The number of hydrogen-bond acceptors (Lipinski definition) is 4. The van der Waals surface area contributed by atoms with Crippen molar-refractivity contribution < 1.29 is 0 Å². The Morgan fingerprint density at radius 2 is 2.17 bits per heavy atom. The van der Waals surface area contributed by atoms with E-state index in [1.807, 2.05) is 11.8 Å². The van der Waals surface area contributed by atoms with Crippen molar-refractivity contribution in [1.29, 1.82) is 0 Å². The van der Waals surface area contributed by atoms with Crippen molar-refractivity contribution in [3.8, 4) is 0 Å². The highest BCUT2D eigenvalue weighted by molar-refractivity contribution is 14.1. The zero-order chi connectivity index (χ0) is 13.0. The minimum Gasteiger partial charge on any atom is -0.369 e. The number of aryl methyl sites for hydroxylation is 1. The van der Waals surface area contributed by atoms with Gasteiger partial charge in [-0.3, -0.25) is 0 Å². The van der Waals surface area contributed by atoms with Crippen LogP contribution in [0.4, 0.5) is 5.82 Å². The maximum absolute atomic E-state index is 4.78. The predicted molar refractivity (Wildman–Crippen MR) is 87.3 cm³/mol. The van der Waals surface area contributed by atoms with Crippen molar-refractivity contribution in [3.63, 3.8) is 0 Å². The lowest BCUT2D eigenvalue weighted by Crippen LogP contribution is -2.13. The number of rotatable bonds is 4. The highest BCUT2D eigenvalue weighted by atomic mass is 127. The second-order valence-electron chi connectivity index (χ2n) is 4.43. The standard InChI is InChI=1S/C13H20IN3S/c1-3-9-11(14)13(15-4-2)17-12(16-9)10-7-5-6-8-18-10/h10H,3-8H2,1-2H3,(H,15,16,17). The van der Waals surface area contributed by atoms with Crippen LogP contribution in [0.25, 0.3) is 0 Å². The van der Waals surface area contributed by atoms with Crippen LogP contribution < -0.4 is 5.32 Å². The molecule has 0 saturated carbocycles. The summed E-state index contributed by atoms with van der Waals surface area (Å²) in [5.74, 6) is 3.30. The first kappa shape index (κ1) is 14.4. The van der Waals surface area contributed by atoms with Crippen LogP contribution in [-0.2, 0) is 6.42 Å². The predicted octanol–water partition coefficient (Wildman–Crippen LogP) is 4.03. The van der Waals surface area contributed by atoms with Gasteiger partial charge in [0, 0.05) is 6.54 Å². The molecule has 1 saturated heterocycles. The first-order valence-electron chi connectivity index (χ1n) is 6.68. The molecule has 1 atom stereocenters. The minimum absolute atomic E-state index is 0.499. The van der Waals surface area contributed by atoms with Crippen molar-refractivity contribution in [2.45, 2.75) is 44.8 Å². The van der Waals surface area contributed by atoms with E-state index in [1.165, 1.54) is 34.3 Å². The summed E-state index contributed by atoms with van der Waals surface area (Å²) in [6.07, 6.45) is 4.85. The van der Waals surface area contributed by atoms with Gasteiger partial charge in [-0.25, -0.2) is 9.97 Å². The number of thioether (sulfide) groups is 1. The number of hydrogen-bond donors (Lipinski definition) is 1. The Morgan fingerprint density at radius 3 is 2.78 bits per heavy atom. The Labute approximate surface area is 127 Å². The van der Waals surface area contributed by atoms with Gasteiger partial charge >= 0.3 is 0 Å². The summed E-state index contributed by atoms with van der Waals surface area (Å²) in [6.45, 7) is 5.18. The zero-order valence-electron chi connectivity index (χ0n) is 11.0. The van der Waals surface area contributed by atoms with Crippen molar-refractivity contribution in [2.24, 2.45) is 0 Å². The van der Waals surface area contributed by atoms with Crippen LogP contribution in [0.2, 0.25) is 0 Å². The maximum atomic E-state index is 4.78. The molecule has 1 aliphatic heterocycles. The van der Waals surface area contributed by atoms with Crippen molar-refractivity contribution in [2.75, 3.05) is 17.6 Å². The lowest BCUT2D eigenvalue weighted by Gasteiger charge is -2.21. The molecule has 0 radical (unpaired) electrons. The van der Waals surface area contributed by atoms with E-state index >= 15 is 0 Å². The highest BCUT2D eigenvalue weighted by Gasteiger charge is 2.21. The van der Waals surface area contributed by atoms with Gasteiger partial charge in [0.25, 0.3) is 0 Å². The van der Waals surface area contributed by atoms with Crippen LogP contribution in [0.15, 0.2) is 0 Å². The molecule has 1 unspecified atom stereocenters. The molecule has 1 aromatic heterocycles. The van der Waals surface area contributed by atoms with Gasteiger partial charge in [-0.15, -0.1) is 0 Å².